The maximum atomic E-state index is 11.5. The zero-order chi connectivity index (χ0) is 8.55. The Hall–Kier alpha value is -0.630. The summed E-state index contributed by atoms with van der Waals surface area (Å²) in [5.74, 6) is 1.04. The van der Waals surface area contributed by atoms with E-state index in [0.29, 0.717) is 11.7 Å². The molecule has 1 aromatic heterocycles. The first-order valence-corrected chi connectivity index (χ1v) is 5.22. The summed E-state index contributed by atoms with van der Waals surface area (Å²) in [4.78, 5) is 12.7. The minimum absolute atomic E-state index is 0.335. The molecule has 2 rings (SSSR count). The van der Waals surface area contributed by atoms with Crippen molar-refractivity contribution in [2.24, 2.45) is 5.92 Å². The fraction of sp³-hybridized carbons (Fsp3) is 0.500. The first-order chi connectivity index (χ1) is 5.75. The van der Waals surface area contributed by atoms with Crippen LogP contribution in [0, 0.1) is 12.8 Å². The molecule has 12 heavy (non-hydrogen) atoms. The summed E-state index contributed by atoms with van der Waals surface area (Å²) in [6, 6.07) is 2.00. The van der Waals surface area contributed by atoms with Crippen LogP contribution in [-0.4, -0.2) is 5.78 Å². The molecule has 0 unspecified atom stereocenters. The van der Waals surface area contributed by atoms with Gasteiger partial charge in [0.2, 0.25) is 0 Å². The predicted octanol–water partition coefficient (Wildman–Crippen LogP) is 3.04. The highest BCUT2D eigenvalue weighted by molar-refractivity contribution is 7.10. The van der Waals surface area contributed by atoms with E-state index in [4.69, 9.17) is 0 Å². The fourth-order valence-corrected chi connectivity index (χ4v) is 2.00. The third-order valence-corrected chi connectivity index (χ3v) is 3.08. The van der Waals surface area contributed by atoms with Gasteiger partial charge in [-0.05, 0) is 31.7 Å². The summed E-state index contributed by atoms with van der Waals surface area (Å²) in [5, 5.41) is 1.97. The highest BCUT2D eigenvalue weighted by Gasteiger charge is 2.24. The molecule has 2 heteroatoms. The summed E-state index contributed by atoms with van der Waals surface area (Å²) in [7, 11) is 0. The van der Waals surface area contributed by atoms with E-state index in [0.717, 1.165) is 12.0 Å². The van der Waals surface area contributed by atoms with E-state index in [-0.39, 0.29) is 0 Å². The Labute approximate surface area is 76.4 Å². The lowest BCUT2D eigenvalue weighted by atomic mass is 10.1. The van der Waals surface area contributed by atoms with Crippen molar-refractivity contribution >= 4 is 17.1 Å². The molecule has 1 fully saturated rings. The highest BCUT2D eigenvalue weighted by Crippen LogP contribution is 2.33. The van der Waals surface area contributed by atoms with Crippen molar-refractivity contribution in [3.63, 3.8) is 0 Å². The van der Waals surface area contributed by atoms with Gasteiger partial charge in [-0.1, -0.05) is 0 Å². The molecular weight excluding hydrogens is 168 g/mol. The molecule has 0 bridgehead atoms. The van der Waals surface area contributed by atoms with E-state index in [1.807, 2.05) is 18.4 Å². The van der Waals surface area contributed by atoms with Crippen LogP contribution in [0.5, 0.6) is 0 Å². The minimum atomic E-state index is 0.335. The number of Topliss-reactive ketones (excluding diaryl/α,β-unsaturated/α-hetero) is 1. The number of thiophene rings is 1. The molecule has 0 atom stereocenters. The molecule has 0 saturated heterocycles. The summed E-state index contributed by atoms with van der Waals surface area (Å²) < 4.78 is 0. The number of aryl methyl sites for hydroxylation is 1. The third-order valence-electron chi connectivity index (χ3n) is 2.22. The van der Waals surface area contributed by atoms with Crippen molar-refractivity contribution < 1.29 is 4.79 Å². The van der Waals surface area contributed by atoms with Crippen LogP contribution in [0.2, 0.25) is 0 Å². The van der Waals surface area contributed by atoms with Crippen molar-refractivity contribution in [3.8, 4) is 0 Å². The smallest absolute Gasteiger partial charge is 0.163 e. The normalized spacial score (nSPS) is 16.4. The summed E-state index contributed by atoms with van der Waals surface area (Å²) >= 11 is 1.66. The summed E-state index contributed by atoms with van der Waals surface area (Å²) in [6.07, 6.45) is 3.29. The van der Waals surface area contributed by atoms with E-state index >= 15 is 0 Å². The molecule has 0 amide bonds. The van der Waals surface area contributed by atoms with Crippen LogP contribution in [0.3, 0.4) is 0 Å². The van der Waals surface area contributed by atoms with Gasteiger partial charge in [-0.25, -0.2) is 0 Å². The van der Waals surface area contributed by atoms with E-state index < -0.39 is 0 Å². The number of hydrogen-bond acceptors (Lipinski definition) is 2. The first-order valence-electron chi connectivity index (χ1n) is 4.34. The number of ketones is 1. The molecule has 1 heterocycles. The molecule has 0 radical (unpaired) electrons. The molecule has 0 aliphatic heterocycles. The number of carbonyl (C=O) groups is 1. The van der Waals surface area contributed by atoms with Gasteiger partial charge in [0.25, 0.3) is 0 Å². The van der Waals surface area contributed by atoms with Crippen LogP contribution < -0.4 is 0 Å². The monoisotopic (exact) mass is 180 g/mol. The molecule has 1 aliphatic carbocycles. The van der Waals surface area contributed by atoms with Crippen molar-refractivity contribution in [1.29, 1.82) is 0 Å². The maximum absolute atomic E-state index is 11.5. The quantitative estimate of drug-likeness (QED) is 0.653. The van der Waals surface area contributed by atoms with Crippen LogP contribution in [0.4, 0.5) is 0 Å². The molecular formula is C10H12OS. The zero-order valence-electron chi connectivity index (χ0n) is 7.17. The van der Waals surface area contributed by atoms with Crippen molar-refractivity contribution in [2.45, 2.75) is 26.2 Å². The number of hydrogen-bond donors (Lipinski definition) is 0. The Morgan fingerprint density at radius 1 is 1.67 bits per heavy atom. The minimum Gasteiger partial charge on any atom is -0.294 e. The highest BCUT2D eigenvalue weighted by atomic mass is 32.1. The summed E-state index contributed by atoms with van der Waals surface area (Å²) in [6.45, 7) is 2.04. The van der Waals surface area contributed by atoms with Gasteiger partial charge in [-0.3, -0.25) is 4.79 Å². The second-order valence-corrected chi connectivity index (χ2v) is 4.63. The molecule has 1 aromatic rings. The molecule has 1 aliphatic rings. The van der Waals surface area contributed by atoms with E-state index in [2.05, 4.69) is 0 Å². The van der Waals surface area contributed by atoms with Gasteiger partial charge >= 0.3 is 0 Å². The van der Waals surface area contributed by atoms with Gasteiger partial charge in [-0.2, -0.15) is 0 Å². The Bertz CT molecular complexity index is 297. The van der Waals surface area contributed by atoms with Gasteiger partial charge in [0.1, 0.15) is 0 Å². The van der Waals surface area contributed by atoms with Crippen molar-refractivity contribution in [3.05, 3.63) is 21.9 Å². The lowest BCUT2D eigenvalue weighted by molar-refractivity contribution is 0.0976. The zero-order valence-corrected chi connectivity index (χ0v) is 7.99. The first kappa shape index (κ1) is 7.99. The van der Waals surface area contributed by atoms with Crippen molar-refractivity contribution in [1.82, 2.24) is 0 Å². The van der Waals surface area contributed by atoms with Gasteiger partial charge in [0.15, 0.2) is 5.78 Å². The fourth-order valence-electron chi connectivity index (χ4n) is 1.29. The van der Waals surface area contributed by atoms with Crippen LogP contribution in [0.15, 0.2) is 11.4 Å². The Balaban J connectivity index is 2.03. The van der Waals surface area contributed by atoms with Gasteiger partial charge in [0, 0.05) is 22.2 Å². The molecule has 1 nitrogen and oxygen atoms in total. The Morgan fingerprint density at radius 3 is 2.92 bits per heavy atom. The second-order valence-electron chi connectivity index (χ2n) is 3.52. The van der Waals surface area contributed by atoms with E-state index in [9.17, 15) is 4.79 Å². The standard InChI is InChI=1S/C10H12OS/c1-7-4-9(6-12-7)10(11)5-8-2-3-8/h4,6,8H,2-3,5H2,1H3. The van der Waals surface area contributed by atoms with Crippen LogP contribution in [-0.2, 0) is 0 Å². The maximum Gasteiger partial charge on any atom is 0.163 e. The van der Waals surface area contributed by atoms with E-state index in [1.54, 1.807) is 11.3 Å². The molecule has 0 spiro atoms. The lowest BCUT2D eigenvalue weighted by Crippen LogP contribution is -1.97. The molecule has 64 valence electrons. The number of rotatable bonds is 3. The second kappa shape index (κ2) is 3.02. The number of carbonyl (C=O) groups excluding carboxylic acids is 1. The Morgan fingerprint density at radius 2 is 2.42 bits per heavy atom. The van der Waals surface area contributed by atoms with Gasteiger partial charge in [0.05, 0.1) is 0 Å². The van der Waals surface area contributed by atoms with Gasteiger partial charge in [-0.15, -0.1) is 11.3 Å². The van der Waals surface area contributed by atoms with Crippen LogP contribution in [0.1, 0.15) is 34.5 Å². The van der Waals surface area contributed by atoms with Crippen LogP contribution >= 0.6 is 11.3 Å². The molecule has 1 saturated carbocycles. The SMILES string of the molecule is Cc1cc(C(=O)CC2CC2)cs1. The average molecular weight is 180 g/mol. The average Bonchev–Trinajstić information content (AvgIpc) is 2.72. The van der Waals surface area contributed by atoms with E-state index in [1.165, 1.54) is 17.7 Å². The van der Waals surface area contributed by atoms with Gasteiger partial charge < -0.3 is 0 Å². The van der Waals surface area contributed by atoms with Crippen LogP contribution in [0.25, 0.3) is 0 Å². The Kier molecular flexibility index (Phi) is 2.01. The topological polar surface area (TPSA) is 17.1 Å². The predicted molar refractivity (Wildman–Crippen MR) is 50.7 cm³/mol. The van der Waals surface area contributed by atoms with Crippen molar-refractivity contribution in [2.75, 3.05) is 0 Å². The lowest BCUT2D eigenvalue weighted by Gasteiger charge is -1.93. The molecule has 0 aromatic carbocycles. The third kappa shape index (κ3) is 1.75. The summed E-state index contributed by atoms with van der Waals surface area (Å²) in [5.41, 5.74) is 0.921. The molecule has 0 N–H and O–H groups in total. The largest absolute Gasteiger partial charge is 0.294 e.